The number of carbonyl (C=O) groups is 1. The lowest BCUT2D eigenvalue weighted by atomic mass is 9.78. The van der Waals surface area contributed by atoms with Crippen molar-refractivity contribution in [3.63, 3.8) is 0 Å². The second kappa shape index (κ2) is 7.34. The Labute approximate surface area is 133 Å². The monoisotopic (exact) mass is 329 g/mol. The number of aryl methyl sites for hydroxylation is 1. The smallest absolute Gasteiger partial charge is 0.387 e. The fraction of sp³-hybridized carbons (Fsp3) is 0.588. The fourth-order valence-electron chi connectivity index (χ4n) is 3.24. The third-order valence-corrected chi connectivity index (χ3v) is 4.54. The molecule has 1 amide bonds. The third-order valence-electron chi connectivity index (χ3n) is 4.54. The zero-order valence-electron chi connectivity index (χ0n) is 13.1. The van der Waals surface area contributed by atoms with Gasteiger partial charge in [-0.05, 0) is 30.9 Å². The Morgan fingerprint density at radius 1 is 1.30 bits per heavy atom. The molecule has 0 aliphatic heterocycles. The normalized spacial score (nSPS) is 23.3. The van der Waals surface area contributed by atoms with Gasteiger partial charge < -0.3 is 10.4 Å². The molecule has 0 saturated heterocycles. The molecule has 1 fully saturated rings. The Morgan fingerprint density at radius 3 is 2.61 bits per heavy atom. The van der Waals surface area contributed by atoms with Crippen molar-refractivity contribution >= 4 is 5.91 Å². The molecule has 0 spiro atoms. The maximum absolute atomic E-state index is 13.0. The van der Waals surface area contributed by atoms with Crippen molar-refractivity contribution in [2.75, 3.05) is 6.54 Å². The summed E-state index contributed by atoms with van der Waals surface area (Å²) in [5, 5.41) is 12.6. The predicted octanol–water partition coefficient (Wildman–Crippen LogP) is 3.51. The van der Waals surface area contributed by atoms with E-state index >= 15 is 0 Å². The highest BCUT2D eigenvalue weighted by Gasteiger charge is 2.47. The average molecular weight is 329 g/mol. The number of aliphatic hydroxyl groups excluding tert-OH is 1. The number of halogens is 3. The van der Waals surface area contributed by atoms with E-state index in [1.54, 1.807) is 12.1 Å². The van der Waals surface area contributed by atoms with Crippen LogP contribution in [0.25, 0.3) is 0 Å². The topological polar surface area (TPSA) is 49.3 Å². The lowest BCUT2D eigenvalue weighted by Gasteiger charge is -2.32. The van der Waals surface area contributed by atoms with Crippen LogP contribution < -0.4 is 5.32 Å². The number of hydrogen-bond donors (Lipinski definition) is 2. The van der Waals surface area contributed by atoms with Crippen molar-refractivity contribution in [2.24, 2.45) is 11.8 Å². The standard InChI is InChI=1S/C17H22F3NO2/c1-11-6-2-3-7-12(11)15(22)10-21-16(23)13-8-4-5-9-14(13)17(18,19)20/h2-3,6-7,13-15,22H,4-5,8-10H2,1H3,(H,21,23). The average Bonchev–Trinajstić information content (AvgIpc) is 2.52. The first kappa shape index (κ1) is 17.8. The number of hydrogen-bond acceptors (Lipinski definition) is 2. The number of benzene rings is 1. The molecule has 0 heterocycles. The number of nitrogens with one attached hydrogen (secondary N) is 1. The zero-order valence-corrected chi connectivity index (χ0v) is 13.1. The van der Waals surface area contributed by atoms with Crippen LogP contribution in [0.2, 0.25) is 0 Å². The maximum Gasteiger partial charge on any atom is 0.392 e. The Hall–Kier alpha value is -1.56. The molecule has 1 aromatic rings. The third kappa shape index (κ3) is 4.47. The Bertz CT molecular complexity index is 545. The van der Waals surface area contributed by atoms with Crippen molar-refractivity contribution < 1.29 is 23.1 Å². The van der Waals surface area contributed by atoms with E-state index in [2.05, 4.69) is 5.32 Å². The minimum Gasteiger partial charge on any atom is -0.387 e. The molecular weight excluding hydrogens is 307 g/mol. The van der Waals surface area contributed by atoms with E-state index in [1.807, 2.05) is 19.1 Å². The highest BCUT2D eigenvalue weighted by molar-refractivity contribution is 5.79. The van der Waals surface area contributed by atoms with Gasteiger partial charge in [-0.15, -0.1) is 0 Å². The van der Waals surface area contributed by atoms with Gasteiger partial charge in [0.1, 0.15) is 0 Å². The number of carbonyl (C=O) groups excluding carboxylic acids is 1. The van der Waals surface area contributed by atoms with Crippen LogP contribution in [-0.2, 0) is 4.79 Å². The lowest BCUT2D eigenvalue weighted by Crippen LogP contribution is -2.43. The van der Waals surface area contributed by atoms with Gasteiger partial charge in [0.15, 0.2) is 0 Å². The van der Waals surface area contributed by atoms with Gasteiger partial charge in [-0.3, -0.25) is 4.79 Å². The quantitative estimate of drug-likeness (QED) is 0.888. The van der Waals surface area contributed by atoms with Gasteiger partial charge in [-0.1, -0.05) is 37.1 Å². The summed E-state index contributed by atoms with van der Waals surface area (Å²) in [7, 11) is 0. The zero-order chi connectivity index (χ0) is 17.0. The van der Waals surface area contributed by atoms with Crippen LogP contribution in [0.4, 0.5) is 13.2 Å². The predicted molar refractivity (Wildman–Crippen MR) is 80.7 cm³/mol. The number of alkyl halides is 3. The fourth-order valence-corrected chi connectivity index (χ4v) is 3.24. The van der Waals surface area contributed by atoms with E-state index in [1.165, 1.54) is 0 Å². The molecular formula is C17H22F3NO2. The minimum absolute atomic E-state index is 0.00192. The molecule has 0 radical (unpaired) electrons. The van der Waals surface area contributed by atoms with Gasteiger partial charge in [0.05, 0.1) is 12.0 Å². The largest absolute Gasteiger partial charge is 0.392 e. The Morgan fingerprint density at radius 2 is 1.96 bits per heavy atom. The summed E-state index contributed by atoms with van der Waals surface area (Å²) in [5.41, 5.74) is 1.55. The van der Waals surface area contributed by atoms with Crippen LogP contribution in [0, 0.1) is 18.8 Å². The van der Waals surface area contributed by atoms with Gasteiger partial charge in [0, 0.05) is 12.5 Å². The molecule has 2 N–H and O–H groups in total. The molecule has 6 heteroatoms. The molecule has 23 heavy (non-hydrogen) atoms. The van der Waals surface area contributed by atoms with E-state index < -0.39 is 30.0 Å². The molecule has 1 saturated carbocycles. The number of rotatable bonds is 4. The summed E-state index contributed by atoms with van der Waals surface area (Å²) >= 11 is 0. The number of amides is 1. The summed E-state index contributed by atoms with van der Waals surface area (Å²) in [6, 6.07) is 7.18. The lowest BCUT2D eigenvalue weighted by molar-refractivity contribution is -0.198. The highest BCUT2D eigenvalue weighted by Crippen LogP contribution is 2.41. The highest BCUT2D eigenvalue weighted by atomic mass is 19.4. The number of aliphatic hydroxyl groups is 1. The molecule has 0 bridgehead atoms. The van der Waals surface area contributed by atoms with E-state index in [9.17, 15) is 23.1 Å². The van der Waals surface area contributed by atoms with Gasteiger partial charge in [0.2, 0.25) is 5.91 Å². The molecule has 1 aromatic carbocycles. The summed E-state index contributed by atoms with van der Waals surface area (Å²) in [6.45, 7) is 1.76. The van der Waals surface area contributed by atoms with Gasteiger partial charge in [-0.25, -0.2) is 0 Å². The molecule has 3 atom stereocenters. The van der Waals surface area contributed by atoms with Gasteiger partial charge >= 0.3 is 6.18 Å². The molecule has 3 unspecified atom stereocenters. The van der Waals surface area contributed by atoms with Gasteiger partial charge in [-0.2, -0.15) is 13.2 Å². The second-order valence-electron chi connectivity index (χ2n) is 6.16. The van der Waals surface area contributed by atoms with E-state index in [0.717, 1.165) is 5.56 Å². The first-order chi connectivity index (χ1) is 10.8. The minimum atomic E-state index is -4.35. The van der Waals surface area contributed by atoms with Crippen LogP contribution in [0.5, 0.6) is 0 Å². The Kier molecular flexibility index (Phi) is 5.68. The van der Waals surface area contributed by atoms with E-state index in [4.69, 9.17) is 0 Å². The summed E-state index contributed by atoms with van der Waals surface area (Å²) in [5.74, 6) is -3.24. The molecule has 0 aromatic heterocycles. The van der Waals surface area contributed by atoms with Crippen LogP contribution in [-0.4, -0.2) is 23.7 Å². The van der Waals surface area contributed by atoms with Crippen molar-refractivity contribution in [2.45, 2.75) is 44.9 Å². The second-order valence-corrected chi connectivity index (χ2v) is 6.16. The van der Waals surface area contributed by atoms with Crippen molar-refractivity contribution in [3.05, 3.63) is 35.4 Å². The maximum atomic E-state index is 13.0. The molecule has 1 aliphatic carbocycles. The molecule has 2 rings (SSSR count). The van der Waals surface area contributed by atoms with Crippen LogP contribution >= 0.6 is 0 Å². The van der Waals surface area contributed by atoms with E-state index in [0.29, 0.717) is 18.4 Å². The molecule has 3 nitrogen and oxygen atoms in total. The summed E-state index contributed by atoms with van der Waals surface area (Å²) < 4.78 is 39.1. The molecule has 128 valence electrons. The summed E-state index contributed by atoms with van der Waals surface area (Å²) in [4.78, 5) is 12.2. The van der Waals surface area contributed by atoms with Crippen LogP contribution in [0.1, 0.15) is 42.9 Å². The van der Waals surface area contributed by atoms with Crippen molar-refractivity contribution in [3.8, 4) is 0 Å². The SMILES string of the molecule is Cc1ccccc1C(O)CNC(=O)C1CCCCC1C(F)(F)F. The molecule has 1 aliphatic rings. The van der Waals surface area contributed by atoms with Gasteiger partial charge in [0.25, 0.3) is 0 Å². The van der Waals surface area contributed by atoms with Crippen molar-refractivity contribution in [1.29, 1.82) is 0 Å². The van der Waals surface area contributed by atoms with E-state index in [-0.39, 0.29) is 19.4 Å². The summed E-state index contributed by atoms with van der Waals surface area (Å²) in [6.07, 6.45) is -3.90. The van der Waals surface area contributed by atoms with Crippen LogP contribution in [0.3, 0.4) is 0 Å². The Balaban J connectivity index is 1.97. The van der Waals surface area contributed by atoms with Crippen LogP contribution in [0.15, 0.2) is 24.3 Å². The van der Waals surface area contributed by atoms with Crippen molar-refractivity contribution in [1.82, 2.24) is 5.32 Å². The first-order valence-corrected chi connectivity index (χ1v) is 7.88. The first-order valence-electron chi connectivity index (χ1n) is 7.88.